The molecule has 3 heteroatoms. The highest BCUT2D eigenvalue weighted by Gasteiger charge is 2.06. The Kier molecular flexibility index (Phi) is 3.30. The second-order valence-electron chi connectivity index (χ2n) is 4.50. The summed E-state index contributed by atoms with van der Waals surface area (Å²) in [5, 5.41) is 1.11. The lowest BCUT2D eigenvalue weighted by Gasteiger charge is -2.04. The van der Waals surface area contributed by atoms with Crippen molar-refractivity contribution in [1.29, 1.82) is 0 Å². The van der Waals surface area contributed by atoms with Crippen LogP contribution in [-0.4, -0.2) is 0 Å². The van der Waals surface area contributed by atoms with E-state index >= 15 is 0 Å². The van der Waals surface area contributed by atoms with E-state index in [0.29, 0.717) is 6.61 Å². The summed E-state index contributed by atoms with van der Waals surface area (Å²) in [5.41, 5.74) is 3.18. The Balaban J connectivity index is 1.80. The van der Waals surface area contributed by atoms with Crippen molar-refractivity contribution in [3.8, 4) is 5.75 Å². The van der Waals surface area contributed by atoms with E-state index in [1.807, 2.05) is 30.3 Å². The van der Waals surface area contributed by atoms with Gasteiger partial charge in [0.1, 0.15) is 17.9 Å². The number of hydrogen-bond donors (Lipinski definition) is 0. The number of ether oxygens (including phenoxy) is 1. The number of rotatable bonds is 3. The second kappa shape index (κ2) is 5.10. The van der Waals surface area contributed by atoms with E-state index in [1.54, 1.807) is 6.26 Å². The second-order valence-corrected chi connectivity index (χ2v) is 5.42. The largest absolute Gasteiger partial charge is 0.489 e. The molecule has 0 radical (unpaired) electrons. The lowest BCUT2D eigenvalue weighted by Crippen LogP contribution is -1.94. The van der Waals surface area contributed by atoms with Gasteiger partial charge in [0.15, 0.2) is 0 Å². The van der Waals surface area contributed by atoms with Gasteiger partial charge >= 0.3 is 0 Å². The Bertz CT molecular complexity index is 698. The maximum absolute atomic E-state index is 5.76. The lowest BCUT2D eigenvalue weighted by atomic mass is 10.1. The van der Waals surface area contributed by atoms with Crippen LogP contribution in [0.1, 0.15) is 11.1 Å². The average Bonchev–Trinajstić information content (AvgIpc) is 2.80. The van der Waals surface area contributed by atoms with Gasteiger partial charge in [-0.05, 0) is 42.8 Å². The SMILES string of the molecule is Cc1ccc2c(COc3ccc(Br)cc3)coc2c1. The summed E-state index contributed by atoms with van der Waals surface area (Å²) in [4.78, 5) is 0. The topological polar surface area (TPSA) is 22.4 Å². The Morgan fingerprint density at radius 3 is 2.68 bits per heavy atom. The summed E-state index contributed by atoms with van der Waals surface area (Å²) in [5.74, 6) is 0.852. The fraction of sp³-hybridized carbons (Fsp3) is 0.125. The highest BCUT2D eigenvalue weighted by atomic mass is 79.9. The zero-order chi connectivity index (χ0) is 13.2. The van der Waals surface area contributed by atoms with Gasteiger partial charge in [-0.1, -0.05) is 28.1 Å². The van der Waals surface area contributed by atoms with Gasteiger partial charge in [-0.2, -0.15) is 0 Å². The van der Waals surface area contributed by atoms with Crippen LogP contribution in [0.15, 0.2) is 57.6 Å². The van der Waals surface area contributed by atoms with Gasteiger partial charge in [0, 0.05) is 15.4 Å². The molecule has 19 heavy (non-hydrogen) atoms. The van der Waals surface area contributed by atoms with Crippen LogP contribution in [0, 0.1) is 6.92 Å². The average molecular weight is 317 g/mol. The van der Waals surface area contributed by atoms with Gasteiger partial charge in [-0.3, -0.25) is 0 Å². The van der Waals surface area contributed by atoms with Gasteiger partial charge in [0.05, 0.1) is 6.26 Å². The number of fused-ring (bicyclic) bond motifs is 1. The summed E-state index contributed by atoms with van der Waals surface area (Å²) in [6, 6.07) is 14.0. The van der Waals surface area contributed by atoms with Crippen LogP contribution in [0.4, 0.5) is 0 Å². The molecule has 0 aliphatic heterocycles. The number of furan rings is 1. The van der Waals surface area contributed by atoms with E-state index in [2.05, 4.69) is 35.0 Å². The molecule has 0 N–H and O–H groups in total. The first-order valence-electron chi connectivity index (χ1n) is 6.07. The fourth-order valence-corrected chi connectivity index (χ4v) is 2.26. The van der Waals surface area contributed by atoms with Crippen molar-refractivity contribution in [2.24, 2.45) is 0 Å². The van der Waals surface area contributed by atoms with Gasteiger partial charge in [0.25, 0.3) is 0 Å². The molecule has 0 aliphatic carbocycles. The predicted octanol–water partition coefficient (Wildman–Crippen LogP) is 5.08. The molecule has 1 heterocycles. The van der Waals surface area contributed by atoms with E-state index in [1.165, 1.54) is 5.56 Å². The zero-order valence-electron chi connectivity index (χ0n) is 10.5. The highest BCUT2D eigenvalue weighted by Crippen LogP contribution is 2.24. The molecule has 1 aromatic heterocycles. The van der Waals surface area contributed by atoms with Crippen molar-refractivity contribution in [3.05, 3.63) is 64.3 Å². The van der Waals surface area contributed by atoms with Crippen LogP contribution in [0.2, 0.25) is 0 Å². The molecule has 0 saturated carbocycles. The molecule has 3 aromatic rings. The summed E-state index contributed by atoms with van der Waals surface area (Å²) in [6.45, 7) is 2.57. The maximum Gasteiger partial charge on any atom is 0.134 e. The first-order chi connectivity index (χ1) is 9.22. The minimum absolute atomic E-state index is 0.512. The predicted molar refractivity (Wildman–Crippen MR) is 79.4 cm³/mol. The normalized spacial score (nSPS) is 10.8. The first kappa shape index (κ1) is 12.3. The molecule has 0 spiro atoms. The number of hydrogen-bond acceptors (Lipinski definition) is 2. The van der Waals surface area contributed by atoms with Crippen LogP contribution in [0.3, 0.4) is 0 Å². The third kappa shape index (κ3) is 2.66. The molecular formula is C16H13BrO2. The molecule has 0 amide bonds. The lowest BCUT2D eigenvalue weighted by molar-refractivity contribution is 0.306. The van der Waals surface area contributed by atoms with E-state index in [0.717, 1.165) is 26.8 Å². The smallest absolute Gasteiger partial charge is 0.134 e. The van der Waals surface area contributed by atoms with Crippen LogP contribution in [-0.2, 0) is 6.61 Å². The van der Waals surface area contributed by atoms with Gasteiger partial charge in [-0.25, -0.2) is 0 Å². The highest BCUT2D eigenvalue weighted by molar-refractivity contribution is 9.10. The van der Waals surface area contributed by atoms with Crippen LogP contribution >= 0.6 is 15.9 Å². The molecule has 0 bridgehead atoms. The summed E-state index contributed by atoms with van der Waals surface area (Å²) < 4.78 is 12.4. The van der Waals surface area contributed by atoms with E-state index in [9.17, 15) is 0 Å². The first-order valence-corrected chi connectivity index (χ1v) is 6.87. The fourth-order valence-electron chi connectivity index (χ4n) is 1.99. The molecule has 0 fully saturated rings. The third-order valence-corrected chi connectivity index (χ3v) is 3.55. The zero-order valence-corrected chi connectivity index (χ0v) is 12.1. The van der Waals surface area contributed by atoms with E-state index in [4.69, 9.17) is 9.15 Å². The number of halogens is 1. The molecule has 0 atom stereocenters. The number of aryl methyl sites for hydroxylation is 1. The molecule has 2 nitrogen and oxygen atoms in total. The molecule has 0 aliphatic rings. The Morgan fingerprint density at radius 2 is 1.89 bits per heavy atom. The Hall–Kier alpha value is -1.74. The maximum atomic E-state index is 5.76. The van der Waals surface area contributed by atoms with Gasteiger partial charge < -0.3 is 9.15 Å². The van der Waals surface area contributed by atoms with Crippen molar-refractivity contribution in [3.63, 3.8) is 0 Å². The van der Waals surface area contributed by atoms with Gasteiger partial charge in [-0.15, -0.1) is 0 Å². The van der Waals surface area contributed by atoms with Gasteiger partial charge in [0.2, 0.25) is 0 Å². The molecule has 96 valence electrons. The summed E-state index contributed by atoms with van der Waals surface area (Å²) in [7, 11) is 0. The third-order valence-electron chi connectivity index (χ3n) is 3.02. The molecular weight excluding hydrogens is 304 g/mol. The van der Waals surface area contributed by atoms with Crippen molar-refractivity contribution >= 4 is 26.9 Å². The van der Waals surface area contributed by atoms with Crippen LogP contribution in [0.5, 0.6) is 5.75 Å². The van der Waals surface area contributed by atoms with Crippen molar-refractivity contribution in [2.75, 3.05) is 0 Å². The van der Waals surface area contributed by atoms with E-state index < -0.39 is 0 Å². The monoisotopic (exact) mass is 316 g/mol. The standard InChI is InChI=1S/C16H13BrO2/c1-11-2-7-15-12(10-19-16(15)8-11)9-18-14-5-3-13(17)4-6-14/h2-8,10H,9H2,1H3. The Morgan fingerprint density at radius 1 is 1.11 bits per heavy atom. The van der Waals surface area contributed by atoms with Crippen molar-refractivity contribution in [1.82, 2.24) is 0 Å². The quantitative estimate of drug-likeness (QED) is 0.672. The molecule has 2 aromatic carbocycles. The van der Waals surface area contributed by atoms with E-state index in [-0.39, 0.29) is 0 Å². The van der Waals surface area contributed by atoms with Crippen molar-refractivity contribution < 1.29 is 9.15 Å². The van der Waals surface area contributed by atoms with Crippen LogP contribution in [0.25, 0.3) is 11.0 Å². The summed E-state index contributed by atoms with van der Waals surface area (Å²) in [6.07, 6.45) is 1.77. The van der Waals surface area contributed by atoms with Crippen LogP contribution < -0.4 is 4.74 Å². The molecule has 0 saturated heterocycles. The molecule has 3 rings (SSSR count). The molecule has 0 unspecified atom stereocenters. The summed E-state index contributed by atoms with van der Waals surface area (Å²) >= 11 is 3.40. The number of benzene rings is 2. The Labute approximate surface area is 120 Å². The minimum atomic E-state index is 0.512. The minimum Gasteiger partial charge on any atom is -0.489 e. The van der Waals surface area contributed by atoms with Crippen molar-refractivity contribution in [2.45, 2.75) is 13.5 Å².